The van der Waals surface area contributed by atoms with Crippen LogP contribution in [0.15, 0.2) is 18.5 Å². The third-order valence-corrected chi connectivity index (χ3v) is 3.52. The largest absolute Gasteiger partial charge is 0.384 e. The second-order valence-corrected chi connectivity index (χ2v) is 5.16. The zero-order valence-corrected chi connectivity index (χ0v) is 10.9. The minimum atomic E-state index is 0.841. The number of nitrogens with one attached hydrogen (secondary N) is 2. The Bertz CT molecular complexity index is 351. The van der Waals surface area contributed by atoms with Crippen LogP contribution in [0.2, 0.25) is 0 Å². The van der Waals surface area contributed by atoms with E-state index in [0.29, 0.717) is 0 Å². The molecular weight excluding hydrogens is 210 g/mol. The van der Waals surface area contributed by atoms with Crippen LogP contribution in [0.25, 0.3) is 0 Å². The third-order valence-electron chi connectivity index (χ3n) is 3.52. The molecule has 0 bridgehead atoms. The first-order chi connectivity index (χ1) is 8.28. The number of hydrogen-bond donors (Lipinski definition) is 2. The van der Waals surface area contributed by atoms with Gasteiger partial charge in [-0.05, 0) is 37.7 Å². The van der Waals surface area contributed by atoms with Crippen LogP contribution in [0, 0.1) is 11.8 Å². The third kappa shape index (κ3) is 3.62. The first kappa shape index (κ1) is 12.2. The van der Waals surface area contributed by atoms with E-state index in [1.807, 2.05) is 12.4 Å². The lowest BCUT2D eigenvalue weighted by atomic mass is 10.1. The average Bonchev–Trinajstić information content (AvgIpc) is 2.74. The molecule has 0 saturated heterocycles. The van der Waals surface area contributed by atoms with Crippen molar-refractivity contribution < 1.29 is 0 Å². The second kappa shape index (κ2) is 5.89. The highest BCUT2D eigenvalue weighted by atomic mass is 14.9. The topological polar surface area (TPSA) is 37.0 Å². The van der Waals surface area contributed by atoms with Crippen LogP contribution in [0.3, 0.4) is 0 Å². The normalized spacial score (nSPS) is 23.6. The summed E-state index contributed by atoms with van der Waals surface area (Å²) in [4.78, 5) is 4.24. The highest BCUT2D eigenvalue weighted by Gasteiger charge is 2.20. The molecule has 1 aliphatic carbocycles. The predicted octanol–water partition coefficient (Wildman–Crippen LogP) is 3.36. The Labute approximate surface area is 104 Å². The van der Waals surface area contributed by atoms with Crippen LogP contribution in [-0.2, 0) is 0 Å². The van der Waals surface area contributed by atoms with Crippen LogP contribution in [0.4, 0.5) is 11.4 Å². The minimum absolute atomic E-state index is 0.841. The Kier molecular flexibility index (Phi) is 4.24. The summed E-state index contributed by atoms with van der Waals surface area (Å²) >= 11 is 0. The molecule has 2 rings (SSSR count). The molecule has 1 fully saturated rings. The maximum atomic E-state index is 4.24. The molecule has 1 aromatic heterocycles. The van der Waals surface area contributed by atoms with Gasteiger partial charge in [0, 0.05) is 13.1 Å². The molecule has 17 heavy (non-hydrogen) atoms. The molecule has 2 N–H and O–H groups in total. The highest BCUT2D eigenvalue weighted by molar-refractivity contribution is 5.53. The predicted molar refractivity (Wildman–Crippen MR) is 73.4 cm³/mol. The molecule has 1 aliphatic rings. The number of aromatic nitrogens is 1. The molecule has 0 spiro atoms. The molecule has 94 valence electrons. The van der Waals surface area contributed by atoms with Crippen LogP contribution in [0.1, 0.15) is 33.1 Å². The lowest BCUT2D eigenvalue weighted by molar-refractivity contribution is 0.537. The van der Waals surface area contributed by atoms with Crippen molar-refractivity contribution in [1.29, 1.82) is 0 Å². The van der Waals surface area contributed by atoms with Crippen molar-refractivity contribution in [3.05, 3.63) is 18.5 Å². The lowest BCUT2D eigenvalue weighted by Gasteiger charge is -2.13. The van der Waals surface area contributed by atoms with Gasteiger partial charge in [-0.2, -0.15) is 0 Å². The molecule has 0 aliphatic heterocycles. The summed E-state index contributed by atoms with van der Waals surface area (Å²) < 4.78 is 0. The Morgan fingerprint density at radius 3 is 2.65 bits per heavy atom. The van der Waals surface area contributed by atoms with E-state index in [0.717, 1.165) is 36.3 Å². The Hall–Kier alpha value is -1.25. The number of rotatable bonds is 5. The van der Waals surface area contributed by atoms with Gasteiger partial charge in [0.1, 0.15) is 0 Å². The summed E-state index contributed by atoms with van der Waals surface area (Å²) in [5.41, 5.74) is 2.22. The fourth-order valence-electron chi connectivity index (χ4n) is 2.61. The second-order valence-electron chi connectivity index (χ2n) is 5.16. The van der Waals surface area contributed by atoms with E-state index in [1.54, 1.807) is 0 Å². The van der Waals surface area contributed by atoms with E-state index >= 15 is 0 Å². The summed E-state index contributed by atoms with van der Waals surface area (Å²) in [7, 11) is 0. The fraction of sp³-hybridized carbons (Fsp3) is 0.643. The van der Waals surface area contributed by atoms with Gasteiger partial charge in [0.2, 0.25) is 0 Å². The van der Waals surface area contributed by atoms with Gasteiger partial charge in [0.15, 0.2) is 0 Å². The molecule has 0 aromatic carbocycles. The molecule has 1 saturated carbocycles. The van der Waals surface area contributed by atoms with Crippen molar-refractivity contribution >= 4 is 11.4 Å². The molecule has 1 aromatic rings. The van der Waals surface area contributed by atoms with Gasteiger partial charge in [0.05, 0.1) is 23.8 Å². The van der Waals surface area contributed by atoms with Crippen molar-refractivity contribution in [1.82, 2.24) is 4.98 Å². The fourth-order valence-corrected chi connectivity index (χ4v) is 2.61. The molecule has 2 unspecified atom stereocenters. The first-order valence-electron chi connectivity index (χ1n) is 6.70. The highest BCUT2D eigenvalue weighted by Crippen LogP contribution is 2.30. The molecule has 2 atom stereocenters. The average molecular weight is 233 g/mol. The lowest BCUT2D eigenvalue weighted by Crippen LogP contribution is -2.11. The molecule has 0 radical (unpaired) electrons. The van der Waals surface area contributed by atoms with Crippen LogP contribution in [0.5, 0.6) is 0 Å². The molecule has 3 nitrogen and oxygen atoms in total. The summed E-state index contributed by atoms with van der Waals surface area (Å²) in [6.07, 6.45) is 7.90. The first-order valence-corrected chi connectivity index (χ1v) is 6.70. The van der Waals surface area contributed by atoms with Gasteiger partial charge in [-0.25, -0.2) is 0 Å². The van der Waals surface area contributed by atoms with Crippen LogP contribution in [-0.4, -0.2) is 18.1 Å². The van der Waals surface area contributed by atoms with E-state index in [-0.39, 0.29) is 0 Å². The smallest absolute Gasteiger partial charge is 0.0547 e. The van der Waals surface area contributed by atoms with Gasteiger partial charge in [-0.15, -0.1) is 0 Å². The summed E-state index contributed by atoms with van der Waals surface area (Å²) in [6.45, 7) is 6.47. The molecule has 0 amide bonds. The van der Waals surface area contributed by atoms with Crippen molar-refractivity contribution in [2.45, 2.75) is 33.1 Å². The van der Waals surface area contributed by atoms with Crippen molar-refractivity contribution in [2.24, 2.45) is 11.8 Å². The zero-order valence-electron chi connectivity index (χ0n) is 10.9. The number of hydrogen-bond acceptors (Lipinski definition) is 3. The molecule has 1 heterocycles. The minimum Gasteiger partial charge on any atom is -0.384 e. The van der Waals surface area contributed by atoms with Crippen molar-refractivity contribution in [3.8, 4) is 0 Å². The van der Waals surface area contributed by atoms with E-state index < -0.39 is 0 Å². The van der Waals surface area contributed by atoms with Gasteiger partial charge < -0.3 is 10.6 Å². The van der Waals surface area contributed by atoms with Gasteiger partial charge >= 0.3 is 0 Å². The van der Waals surface area contributed by atoms with Crippen LogP contribution < -0.4 is 10.6 Å². The summed E-state index contributed by atoms with van der Waals surface area (Å²) in [5, 5.41) is 6.78. The van der Waals surface area contributed by atoms with E-state index in [2.05, 4.69) is 35.5 Å². The monoisotopic (exact) mass is 233 g/mol. The molecule has 3 heteroatoms. The van der Waals surface area contributed by atoms with E-state index in [9.17, 15) is 0 Å². The van der Waals surface area contributed by atoms with Gasteiger partial charge in [0.25, 0.3) is 0 Å². The molecular formula is C14H23N3. The summed E-state index contributed by atoms with van der Waals surface area (Å²) in [6, 6.07) is 2.13. The number of nitrogens with zero attached hydrogens (tertiary/aromatic N) is 1. The van der Waals surface area contributed by atoms with Gasteiger partial charge in [-0.3, -0.25) is 4.98 Å². The standard InChI is InChI=1S/C14H23N3/c1-3-16-13-7-14(10-15-9-13)17-8-12-5-4-11(2)6-12/h7,9-12,16-17H,3-6,8H2,1-2H3. The van der Waals surface area contributed by atoms with Crippen molar-refractivity contribution in [2.75, 3.05) is 23.7 Å². The van der Waals surface area contributed by atoms with Gasteiger partial charge in [-0.1, -0.05) is 13.3 Å². The van der Waals surface area contributed by atoms with E-state index in [1.165, 1.54) is 19.3 Å². The Balaban J connectivity index is 1.83. The quantitative estimate of drug-likeness (QED) is 0.818. The maximum absolute atomic E-state index is 4.24. The summed E-state index contributed by atoms with van der Waals surface area (Å²) in [5.74, 6) is 1.75. The van der Waals surface area contributed by atoms with E-state index in [4.69, 9.17) is 0 Å². The number of pyridine rings is 1. The Morgan fingerprint density at radius 1 is 1.24 bits per heavy atom. The van der Waals surface area contributed by atoms with Crippen molar-refractivity contribution in [3.63, 3.8) is 0 Å². The maximum Gasteiger partial charge on any atom is 0.0547 e. The number of anilines is 2. The Morgan fingerprint density at radius 2 is 2.00 bits per heavy atom. The SMILES string of the molecule is CCNc1cncc(NCC2CCC(C)C2)c1. The van der Waals surface area contributed by atoms with Crippen LogP contribution >= 0.6 is 0 Å². The zero-order chi connectivity index (χ0) is 12.1.